The SMILES string of the molecule is CCS(=O)(=O)N1CCCc2cc(NS(=O)(=O)CBr)ccc21. The van der Waals surface area contributed by atoms with Crippen LogP contribution in [-0.2, 0) is 26.5 Å². The number of sulfonamides is 2. The largest absolute Gasteiger partial charge is 0.283 e. The Kier molecular flexibility index (Phi) is 4.84. The van der Waals surface area contributed by atoms with Gasteiger partial charge in [-0.25, -0.2) is 16.8 Å². The number of fused-ring (bicyclic) bond motifs is 1. The average molecular weight is 397 g/mol. The molecule has 0 saturated heterocycles. The second-order valence-corrected chi connectivity index (χ2v) is 9.95. The van der Waals surface area contributed by atoms with Gasteiger partial charge in [-0.15, -0.1) is 0 Å². The first-order chi connectivity index (χ1) is 9.79. The van der Waals surface area contributed by atoms with Gasteiger partial charge in [-0.2, -0.15) is 0 Å². The number of benzene rings is 1. The average Bonchev–Trinajstić information content (AvgIpc) is 2.46. The van der Waals surface area contributed by atoms with Crippen LogP contribution in [0.1, 0.15) is 18.9 Å². The summed E-state index contributed by atoms with van der Waals surface area (Å²) in [5.74, 6) is 0.0460. The van der Waals surface area contributed by atoms with Crippen molar-refractivity contribution < 1.29 is 16.8 Å². The van der Waals surface area contributed by atoms with E-state index < -0.39 is 20.0 Å². The molecule has 0 amide bonds. The number of halogens is 1. The van der Waals surface area contributed by atoms with E-state index in [2.05, 4.69) is 20.7 Å². The van der Waals surface area contributed by atoms with E-state index in [-0.39, 0.29) is 10.4 Å². The summed E-state index contributed by atoms with van der Waals surface area (Å²) < 4.78 is 50.9. The summed E-state index contributed by atoms with van der Waals surface area (Å²) in [5, 5.41) is 0. The van der Waals surface area contributed by atoms with Gasteiger partial charge in [0.15, 0.2) is 0 Å². The molecule has 0 spiro atoms. The van der Waals surface area contributed by atoms with Crippen molar-refractivity contribution in [1.29, 1.82) is 0 Å². The van der Waals surface area contributed by atoms with Gasteiger partial charge in [-0.1, -0.05) is 15.9 Å². The van der Waals surface area contributed by atoms with E-state index >= 15 is 0 Å². The van der Waals surface area contributed by atoms with Gasteiger partial charge in [0, 0.05) is 12.2 Å². The Morgan fingerprint density at radius 1 is 1.29 bits per heavy atom. The second kappa shape index (κ2) is 6.13. The van der Waals surface area contributed by atoms with Gasteiger partial charge >= 0.3 is 0 Å². The zero-order chi connectivity index (χ0) is 15.7. The van der Waals surface area contributed by atoms with Crippen molar-refractivity contribution in [3.63, 3.8) is 0 Å². The van der Waals surface area contributed by atoms with E-state index in [1.165, 1.54) is 4.31 Å². The van der Waals surface area contributed by atoms with Crippen LogP contribution < -0.4 is 9.03 Å². The zero-order valence-electron chi connectivity index (χ0n) is 11.5. The number of hydrogen-bond acceptors (Lipinski definition) is 4. The molecule has 0 bridgehead atoms. The van der Waals surface area contributed by atoms with Crippen molar-refractivity contribution in [3.8, 4) is 0 Å². The first kappa shape index (κ1) is 16.6. The van der Waals surface area contributed by atoms with Crippen molar-refractivity contribution in [2.75, 3.05) is 26.0 Å². The Bertz CT molecular complexity index is 732. The van der Waals surface area contributed by atoms with Crippen LogP contribution in [0.2, 0.25) is 0 Å². The fourth-order valence-electron chi connectivity index (χ4n) is 2.28. The zero-order valence-corrected chi connectivity index (χ0v) is 14.8. The standard InChI is InChI=1S/C12H17BrN2O4S2/c1-2-21(18,19)15-7-3-4-10-8-11(5-6-12(10)15)14-20(16,17)9-13/h5-6,8,14H,2-4,7,9H2,1H3. The molecule has 0 atom stereocenters. The number of hydrogen-bond donors (Lipinski definition) is 1. The van der Waals surface area contributed by atoms with Crippen molar-refractivity contribution in [2.24, 2.45) is 0 Å². The number of anilines is 2. The number of nitrogens with zero attached hydrogens (tertiary/aromatic N) is 1. The maximum atomic E-state index is 12.1. The molecular formula is C12H17BrN2O4S2. The molecule has 2 rings (SSSR count). The van der Waals surface area contributed by atoms with E-state index in [0.717, 1.165) is 18.4 Å². The highest BCUT2D eigenvalue weighted by Gasteiger charge is 2.26. The quantitative estimate of drug-likeness (QED) is 0.770. The maximum absolute atomic E-state index is 12.1. The van der Waals surface area contributed by atoms with Gasteiger partial charge in [-0.05, 0) is 43.5 Å². The highest BCUT2D eigenvalue weighted by Crippen LogP contribution is 2.32. The molecule has 0 aromatic heterocycles. The lowest BCUT2D eigenvalue weighted by Crippen LogP contribution is -2.36. The third-order valence-corrected chi connectivity index (χ3v) is 7.70. The molecule has 9 heteroatoms. The summed E-state index contributed by atoms with van der Waals surface area (Å²) in [4.78, 5) is 0. The Morgan fingerprint density at radius 3 is 2.62 bits per heavy atom. The van der Waals surface area contributed by atoms with E-state index in [0.29, 0.717) is 17.9 Å². The lowest BCUT2D eigenvalue weighted by Gasteiger charge is -2.30. The second-order valence-electron chi connectivity index (χ2n) is 4.75. The summed E-state index contributed by atoms with van der Waals surface area (Å²) >= 11 is 2.91. The summed E-state index contributed by atoms with van der Waals surface area (Å²) in [6.45, 7) is 2.08. The molecular weight excluding hydrogens is 380 g/mol. The highest BCUT2D eigenvalue weighted by atomic mass is 79.9. The summed E-state index contributed by atoms with van der Waals surface area (Å²) in [5.41, 5.74) is 1.93. The minimum absolute atomic E-state index is 0.0460. The first-order valence-electron chi connectivity index (χ1n) is 6.49. The molecule has 1 aliphatic rings. The van der Waals surface area contributed by atoms with Crippen LogP contribution in [0.15, 0.2) is 18.2 Å². The molecule has 1 aromatic rings. The minimum atomic E-state index is -3.41. The summed E-state index contributed by atoms with van der Waals surface area (Å²) in [7, 11) is -6.71. The predicted molar refractivity (Wildman–Crippen MR) is 87.9 cm³/mol. The fourth-order valence-corrected chi connectivity index (χ4v) is 4.36. The third-order valence-electron chi connectivity index (χ3n) is 3.27. The molecule has 1 N–H and O–H groups in total. The van der Waals surface area contributed by atoms with Crippen LogP contribution in [-0.4, -0.2) is 33.8 Å². The highest BCUT2D eigenvalue weighted by molar-refractivity contribution is 9.10. The molecule has 1 aliphatic heterocycles. The van der Waals surface area contributed by atoms with Crippen LogP contribution in [0, 0.1) is 0 Å². The molecule has 0 saturated carbocycles. The van der Waals surface area contributed by atoms with Gasteiger partial charge in [0.1, 0.15) is 4.66 Å². The van der Waals surface area contributed by atoms with Crippen LogP contribution in [0.3, 0.4) is 0 Å². The first-order valence-corrected chi connectivity index (χ1v) is 10.9. The number of nitrogens with one attached hydrogen (secondary N) is 1. The monoisotopic (exact) mass is 396 g/mol. The van der Waals surface area contributed by atoms with E-state index in [9.17, 15) is 16.8 Å². The lowest BCUT2D eigenvalue weighted by molar-refractivity contribution is 0.587. The Morgan fingerprint density at radius 2 is 2.00 bits per heavy atom. The summed E-state index contributed by atoms with van der Waals surface area (Å²) in [6.07, 6.45) is 1.45. The minimum Gasteiger partial charge on any atom is -0.283 e. The van der Waals surface area contributed by atoms with Gasteiger partial charge < -0.3 is 0 Å². The Labute approximate surface area is 133 Å². The van der Waals surface area contributed by atoms with Crippen molar-refractivity contribution in [1.82, 2.24) is 0 Å². The van der Waals surface area contributed by atoms with Crippen molar-refractivity contribution >= 4 is 47.4 Å². The van der Waals surface area contributed by atoms with Crippen molar-refractivity contribution in [3.05, 3.63) is 23.8 Å². The Balaban J connectivity index is 2.38. The lowest BCUT2D eigenvalue weighted by atomic mass is 10.0. The molecule has 118 valence electrons. The predicted octanol–water partition coefficient (Wildman–Crippen LogP) is 1.88. The van der Waals surface area contributed by atoms with E-state index in [4.69, 9.17) is 0 Å². The topological polar surface area (TPSA) is 83.6 Å². The number of aryl methyl sites for hydroxylation is 1. The molecule has 0 radical (unpaired) electrons. The molecule has 0 unspecified atom stereocenters. The molecule has 1 heterocycles. The maximum Gasteiger partial charge on any atom is 0.242 e. The molecule has 6 nitrogen and oxygen atoms in total. The molecule has 0 fully saturated rings. The van der Waals surface area contributed by atoms with Crippen LogP contribution in [0.25, 0.3) is 0 Å². The van der Waals surface area contributed by atoms with Crippen LogP contribution in [0.4, 0.5) is 11.4 Å². The normalized spacial score (nSPS) is 15.6. The van der Waals surface area contributed by atoms with Gasteiger partial charge in [0.05, 0.1) is 11.4 Å². The molecule has 0 aliphatic carbocycles. The van der Waals surface area contributed by atoms with Gasteiger partial charge in [0.2, 0.25) is 20.0 Å². The van der Waals surface area contributed by atoms with Gasteiger partial charge in [-0.3, -0.25) is 9.03 Å². The smallest absolute Gasteiger partial charge is 0.242 e. The number of rotatable bonds is 5. The Hall–Kier alpha value is -0.800. The third kappa shape index (κ3) is 3.70. The van der Waals surface area contributed by atoms with Crippen LogP contribution >= 0.6 is 15.9 Å². The number of alkyl halides is 1. The van der Waals surface area contributed by atoms with E-state index in [1.807, 2.05) is 0 Å². The molecule has 1 aromatic carbocycles. The van der Waals surface area contributed by atoms with E-state index in [1.54, 1.807) is 25.1 Å². The van der Waals surface area contributed by atoms with Crippen LogP contribution in [0.5, 0.6) is 0 Å². The van der Waals surface area contributed by atoms with Gasteiger partial charge in [0.25, 0.3) is 0 Å². The fraction of sp³-hybridized carbons (Fsp3) is 0.500. The molecule has 21 heavy (non-hydrogen) atoms. The summed E-state index contributed by atoms with van der Waals surface area (Å²) in [6, 6.07) is 4.95. The van der Waals surface area contributed by atoms with Crippen molar-refractivity contribution in [2.45, 2.75) is 19.8 Å².